The second kappa shape index (κ2) is 9.91. The molecule has 6 nitrogen and oxygen atoms in total. The van der Waals surface area contributed by atoms with E-state index in [0.29, 0.717) is 11.4 Å². The van der Waals surface area contributed by atoms with Crippen LogP contribution in [0.2, 0.25) is 0 Å². The van der Waals surface area contributed by atoms with Gasteiger partial charge < -0.3 is 10.2 Å². The van der Waals surface area contributed by atoms with Crippen molar-refractivity contribution in [1.82, 2.24) is 14.5 Å². The Balaban J connectivity index is 1.64. The molecule has 0 spiro atoms. The smallest absolute Gasteiger partial charge is 0.242 e. The summed E-state index contributed by atoms with van der Waals surface area (Å²) < 4.78 is 26.5. The van der Waals surface area contributed by atoms with E-state index in [1.807, 2.05) is 18.2 Å². The van der Waals surface area contributed by atoms with Crippen molar-refractivity contribution < 1.29 is 8.42 Å². The van der Waals surface area contributed by atoms with Crippen LogP contribution in [0, 0.1) is 0 Å². The first-order valence-electron chi connectivity index (χ1n) is 10.1. The highest BCUT2D eigenvalue weighted by Crippen LogP contribution is 2.21. The van der Waals surface area contributed by atoms with Crippen LogP contribution in [-0.2, 0) is 16.6 Å². The summed E-state index contributed by atoms with van der Waals surface area (Å²) in [6, 6.07) is 17.5. The first kappa shape index (κ1) is 22.1. The summed E-state index contributed by atoms with van der Waals surface area (Å²) in [6.45, 7) is 2.17. The maximum absolute atomic E-state index is 12.6. The van der Waals surface area contributed by atoms with Crippen molar-refractivity contribution in [2.75, 3.05) is 34.2 Å². The normalized spacial score (nSPS) is 15.4. The van der Waals surface area contributed by atoms with Crippen LogP contribution in [0.25, 0.3) is 6.08 Å². The maximum Gasteiger partial charge on any atom is 0.242 e. The van der Waals surface area contributed by atoms with Crippen LogP contribution in [0.3, 0.4) is 0 Å². The fourth-order valence-corrected chi connectivity index (χ4v) is 4.66. The molecule has 7 heteroatoms. The lowest BCUT2D eigenvalue weighted by Crippen LogP contribution is -2.44. The number of sulfonamides is 1. The Morgan fingerprint density at radius 3 is 2.33 bits per heavy atom. The molecule has 1 fully saturated rings. The number of rotatable bonds is 5. The molecule has 0 aromatic heterocycles. The fraction of sp³-hybridized carbons (Fsp3) is 0.348. The third-order valence-electron chi connectivity index (χ3n) is 5.26. The van der Waals surface area contributed by atoms with Crippen LogP contribution >= 0.6 is 0 Å². The zero-order valence-corrected chi connectivity index (χ0v) is 18.7. The monoisotopic (exact) mass is 426 g/mol. The number of hydrogen-bond acceptors (Lipinski definition) is 3. The minimum absolute atomic E-state index is 0.324. The molecule has 2 aromatic carbocycles. The van der Waals surface area contributed by atoms with E-state index in [0.717, 1.165) is 37.5 Å². The van der Waals surface area contributed by atoms with Crippen LogP contribution in [0.1, 0.15) is 24.0 Å². The zero-order valence-electron chi connectivity index (χ0n) is 17.9. The average Bonchev–Trinajstić information content (AvgIpc) is 2.76. The van der Waals surface area contributed by atoms with E-state index in [4.69, 9.17) is 0 Å². The summed E-state index contributed by atoms with van der Waals surface area (Å²) >= 11 is 0. The predicted molar refractivity (Wildman–Crippen MR) is 123 cm³/mol. The summed E-state index contributed by atoms with van der Waals surface area (Å²) in [6.07, 6.45) is 4.25. The average molecular weight is 427 g/mol. The molecule has 1 aliphatic rings. The number of hydrogen-bond donors (Lipinski definition) is 1. The van der Waals surface area contributed by atoms with Gasteiger partial charge >= 0.3 is 0 Å². The van der Waals surface area contributed by atoms with Crippen molar-refractivity contribution in [2.45, 2.75) is 24.3 Å². The Kier molecular flexibility index (Phi) is 7.29. The number of aliphatic imine (C=N–C) groups is 1. The number of nitrogens with one attached hydrogen (secondary N) is 1. The molecule has 1 N–H and O–H groups in total. The van der Waals surface area contributed by atoms with Gasteiger partial charge in [0.1, 0.15) is 0 Å². The first-order valence-corrected chi connectivity index (χ1v) is 11.6. The highest BCUT2D eigenvalue weighted by atomic mass is 32.2. The molecule has 0 bridgehead atoms. The molecule has 0 unspecified atom stereocenters. The van der Waals surface area contributed by atoms with Gasteiger partial charge in [-0.2, -0.15) is 0 Å². The highest BCUT2D eigenvalue weighted by molar-refractivity contribution is 7.89. The third kappa shape index (κ3) is 5.29. The van der Waals surface area contributed by atoms with Gasteiger partial charge in [0, 0.05) is 40.8 Å². The van der Waals surface area contributed by atoms with Gasteiger partial charge in [-0.15, -0.1) is 0 Å². The lowest BCUT2D eigenvalue weighted by molar-refractivity contribution is 0.375. The van der Waals surface area contributed by atoms with E-state index in [1.54, 1.807) is 33.3 Å². The Labute approximate surface area is 180 Å². The van der Waals surface area contributed by atoms with Gasteiger partial charge in [-0.3, -0.25) is 4.99 Å². The second-order valence-electron chi connectivity index (χ2n) is 7.50. The summed E-state index contributed by atoms with van der Waals surface area (Å²) in [5.41, 5.74) is 3.41. The molecule has 160 valence electrons. The maximum atomic E-state index is 12.6. The van der Waals surface area contributed by atoms with Crippen LogP contribution in [0.5, 0.6) is 0 Å². The molecule has 0 amide bonds. The van der Waals surface area contributed by atoms with Crippen molar-refractivity contribution in [1.29, 1.82) is 0 Å². The second-order valence-corrected chi connectivity index (χ2v) is 9.62. The standard InChI is InChI=1S/C23H30N4O2S/c1-24-23(25-18-21-11-7-8-12-22(21)30(28,29)26(2)3)27-15-13-20(14-16-27)17-19-9-5-4-6-10-19/h4-12,17H,13-16,18H2,1-3H3,(H,24,25). The van der Waals surface area contributed by atoms with Crippen molar-refractivity contribution in [3.05, 3.63) is 71.3 Å². The van der Waals surface area contributed by atoms with Crippen LogP contribution < -0.4 is 5.32 Å². The van der Waals surface area contributed by atoms with Crippen molar-refractivity contribution in [3.63, 3.8) is 0 Å². The number of piperidine rings is 1. The molecule has 1 saturated heterocycles. The van der Waals surface area contributed by atoms with E-state index in [9.17, 15) is 8.42 Å². The van der Waals surface area contributed by atoms with E-state index in [-0.39, 0.29) is 0 Å². The minimum atomic E-state index is -3.49. The molecular weight excluding hydrogens is 396 g/mol. The largest absolute Gasteiger partial charge is 0.352 e. The summed E-state index contributed by atoms with van der Waals surface area (Å²) in [7, 11) is 1.37. The van der Waals surface area contributed by atoms with Gasteiger partial charge in [-0.25, -0.2) is 12.7 Å². The number of likely N-dealkylation sites (tertiary alicyclic amines) is 1. The van der Waals surface area contributed by atoms with Gasteiger partial charge in [-0.05, 0) is 30.0 Å². The molecule has 0 aliphatic carbocycles. The predicted octanol–water partition coefficient (Wildman–Crippen LogP) is 3.19. The molecule has 0 radical (unpaired) electrons. The fourth-order valence-electron chi connectivity index (χ4n) is 3.54. The van der Waals surface area contributed by atoms with Crippen LogP contribution in [0.4, 0.5) is 0 Å². The van der Waals surface area contributed by atoms with Gasteiger partial charge in [0.15, 0.2) is 5.96 Å². The Morgan fingerprint density at radius 1 is 1.07 bits per heavy atom. The third-order valence-corrected chi connectivity index (χ3v) is 7.17. The molecular formula is C23H30N4O2S. The molecule has 3 rings (SSSR count). The Morgan fingerprint density at radius 2 is 1.70 bits per heavy atom. The summed E-state index contributed by atoms with van der Waals surface area (Å²) in [4.78, 5) is 6.97. The first-order chi connectivity index (χ1) is 14.4. The summed E-state index contributed by atoms with van der Waals surface area (Å²) in [5.74, 6) is 0.797. The minimum Gasteiger partial charge on any atom is -0.352 e. The Bertz CT molecular complexity index is 1000. The van der Waals surface area contributed by atoms with Crippen molar-refractivity contribution in [3.8, 4) is 0 Å². The van der Waals surface area contributed by atoms with Gasteiger partial charge in [0.25, 0.3) is 0 Å². The van der Waals surface area contributed by atoms with E-state index >= 15 is 0 Å². The molecule has 1 heterocycles. The topological polar surface area (TPSA) is 65.0 Å². The van der Waals surface area contributed by atoms with Gasteiger partial charge in [-0.1, -0.05) is 60.2 Å². The van der Waals surface area contributed by atoms with E-state index in [2.05, 4.69) is 45.6 Å². The molecule has 1 aliphatic heterocycles. The lowest BCUT2D eigenvalue weighted by atomic mass is 10.0. The molecule has 30 heavy (non-hydrogen) atoms. The van der Waals surface area contributed by atoms with Crippen molar-refractivity contribution >= 4 is 22.1 Å². The number of nitrogens with zero attached hydrogens (tertiary/aromatic N) is 3. The van der Waals surface area contributed by atoms with Gasteiger partial charge in [0.05, 0.1) is 4.90 Å². The number of guanidine groups is 1. The molecule has 0 atom stereocenters. The zero-order chi connectivity index (χ0) is 21.6. The van der Waals surface area contributed by atoms with E-state index in [1.165, 1.54) is 15.4 Å². The number of benzene rings is 2. The highest BCUT2D eigenvalue weighted by Gasteiger charge is 2.22. The quantitative estimate of drug-likeness (QED) is 0.589. The molecule has 2 aromatic rings. The van der Waals surface area contributed by atoms with E-state index < -0.39 is 10.0 Å². The van der Waals surface area contributed by atoms with Crippen LogP contribution in [0.15, 0.2) is 70.1 Å². The molecule has 0 saturated carbocycles. The SMILES string of the molecule is CN=C(NCc1ccccc1S(=O)(=O)N(C)C)N1CCC(=Cc2ccccc2)CC1. The van der Waals surface area contributed by atoms with Crippen LogP contribution in [-0.4, -0.2) is 57.8 Å². The summed E-state index contributed by atoms with van der Waals surface area (Å²) in [5, 5.41) is 3.34. The Hall–Kier alpha value is -2.64. The lowest BCUT2D eigenvalue weighted by Gasteiger charge is -2.31. The van der Waals surface area contributed by atoms with Gasteiger partial charge in [0.2, 0.25) is 10.0 Å². The van der Waals surface area contributed by atoms with Crippen molar-refractivity contribution in [2.24, 2.45) is 4.99 Å².